The molecule has 1 aromatic carbocycles. The van der Waals surface area contributed by atoms with Gasteiger partial charge in [0.2, 0.25) is 11.8 Å². The molecule has 1 aromatic heterocycles. The molecule has 0 spiro atoms. The third-order valence-corrected chi connectivity index (χ3v) is 4.69. The topological polar surface area (TPSA) is 71.7 Å². The first-order valence-corrected chi connectivity index (χ1v) is 9.31. The molecule has 0 N–H and O–H groups in total. The van der Waals surface area contributed by atoms with E-state index in [1.54, 1.807) is 7.11 Å². The Morgan fingerprint density at radius 1 is 1.22 bits per heavy atom. The van der Waals surface area contributed by atoms with Crippen LogP contribution in [0.25, 0.3) is 0 Å². The number of nitrogens with zero attached hydrogens (tertiary/aromatic N) is 4. The molecule has 7 heteroatoms. The van der Waals surface area contributed by atoms with Gasteiger partial charge in [-0.05, 0) is 17.7 Å². The molecule has 0 bridgehead atoms. The summed E-state index contributed by atoms with van der Waals surface area (Å²) in [5.74, 6) is 2.29. The van der Waals surface area contributed by atoms with Gasteiger partial charge in [-0.2, -0.15) is 4.98 Å². The van der Waals surface area contributed by atoms with Crippen LogP contribution in [0, 0.1) is 0 Å². The van der Waals surface area contributed by atoms with Crippen molar-refractivity contribution < 1.29 is 14.1 Å². The Morgan fingerprint density at radius 3 is 2.59 bits per heavy atom. The molecule has 1 aliphatic rings. The van der Waals surface area contributed by atoms with E-state index in [2.05, 4.69) is 35.8 Å². The molecule has 0 unspecified atom stereocenters. The van der Waals surface area contributed by atoms with Crippen molar-refractivity contribution in [2.45, 2.75) is 39.2 Å². The SMILES string of the molecule is COc1cccc(CC(=O)N2CCN(Cc3noc(C(C)(C)C)n3)CC2)c1. The summed E-state index contributed by atoms with van der Waals surface area (Å²) in [7, 11) is 1.63. The van der Waals surface area contributed by atoms with E-state index in [4.69, 9.17) is 9.26 Å². The molecule has 3 rings (SSSR count). The second-order valence-electron chi connectivity index (χ2n) is 7.95. The first-order valence-electron chi connectivity index (χ1n) is 9.31. The van der Waals surface area contributed by atoms with Crippen LogP contribution in [0.4, 0.5) is 0 Å². The molecule has 27 heavy (non-hydrogen) atoms. The highest BCUT2D eigenvalue weighted by atomic mass is 16.5. The van der Waals surface area contributed by atoms with Crippen molar-refractivity contribution in [3.05, 3.63) is 41.5 Å². The van der Waals surface area contributed by atoms with Crippen LogP contribution in [-0.2, 0) is 23.2 Å². The van der Waals surface area contributed by atoms with Crippen molar-refractivity contribution in [3.63, 3.8) is 0 Å². The van der Waals surface area contributed by atoms with Crippen LogP contribution < -0.4 is 4.74 Å². The minimum Gasteiger partial charge on any atom is -0.497 e. The van der Waals surface area contributed by atoms with Crippen LogP contribution in [0.2, 0.25) is 0 Å². The second-order valence-corrected chi connectivity index (χ2v) is 7.95. The lowest BCUT2D eigenvalue weighted by molar-refractivity contribution is -0.132. The van der Waals surface area contributed by atoms with E-state index in [-0.39, 0.29) is 11.3 Å². The molecule has 2 heterocycles. The minimum absolute atomic E-state index is 0.142. The van der Waals surface area contributed by atoms with E-state index in [1.165, 1.54) is 0 Å². The van der Waals surface area contributed by atoms with Gasteiger partial charge in [0.15, 0.2) is 5.82 Å². The predicted molar refractivity (Wildman–Crippen MR) is 102 cm³/mol. The van der Waals surface area contributed by atoms with Gasteiger partial charge >= 0.3 is 0 Å². The van der Waals surface area contributed by atoms with Gasteiger partial charge in [0.25, 0.3) is 0 Å². The number of carbonyl (C=O) groups is 1. The van der Waals surface area contributed by atoms with Gasteiger partial charge in [0.05, 0.1) is 20.1 Å². The Kier molecular flexibility index (Phi) is 5.79. The molecule has 0 saturated carbocycles. The zero-order valence-electron chi connectivity index (χ0n) is 16.6. The van der Waals surface area contributed by atoms with Crippen molar-refractivity contribution in [1.29, 1.82) is 0 Å². The lowest BCUT2D eigenvalue weighted by Crippen LogP contribution is -2.48. The van der Waals surface area contributed by atoms with E-state index in [1.807, 2.05) is 29.2 Å². The minimum atomic E-state index is -0.142. The lowest BCUT2D eigenvalue weighted by atomic mass is 9.97. The average molecular weight is 372 g/mol. The molecule has 1 amide bonds. The molecule has 1 fully saturated rings. The fraction of sp³-hybridized carbons (Fsp3) is 0.550. The van der Waals surface area contributed by atoms with Crippen LogP contribution >= 0.6 is 0 Å². The van der Waals surface area contributed by atoms with E-state index in [0.717, 1.165) is 24.4 Å². The largest absolute Gasteiger partial charge is 0.497 e. The summed E-state index contributed by atoms with van der Waals surface area (Å²) < 4.78 is 10.6. The molecule has 0 radical (unpaired) electrons. The molecule has 7 nitrogen and oxygen atoms in total. The highest BCUT2D eigenvalue weighted by molar-refractivity contribution is 5.79. The van der Waals surface area contributed by atoms with Crippen LogP contribution in [0.5, 0.6) is 5.75 Å². The van der Waals surface area contributed by atoms with Gasteiger partial charge in [-0.3, -0.25) is 9.69 Å². The summed E-state index contributed by atoms with van der Waals surface area (Å²) in [6.45, 7) is 9.86. The fourth-order valence-corrected chi connectivity index (χ4v) is 3.05. The molecule has 2 aromatic rings. The first kappa shape index (κ1) is 19.4. The van der Waals surface area contributed by atoms with Crippen LogP contribution in [0.1, 0.15) is 38.0 Å². The van der Waals surface area contributed by atoms with Crippen LogP contribution in [-0.4, -0.2) is 59.1 Å². The Hall–Kier alpha value is -2.41. The van der Waals surface area contributed by atoms with Gasteiger partial charge in [-0.1, -0.05) is 38.1 Å². The standard InChI is InChI=1S/C20H28N4O3/c1-20(2,3)19-21-17(22-27-19)14-23-8-10-24(11-9-23)18(25)13-15-6-5-7-16(12-15)26-4/h5-7,12H,8-11,13-14H2,1-4H3. The van der Waals surface area contributed by atoms with Crippen LogP contribution in [0.3, 0.4) is 0 Å². The number of hydrogen-bond donors (Lipinski definition) is 0. The summed E-state index contributed by atoms with van der Waals surface area (Å²) in [5, 5.41) is 4.08. The predicted octanol–water partition coefficient (Wildman–Crippen LogP) is 2.26. The van der Waals surface area contributed by atoms with Gasteiger partial charge in [-0.25, -0.2) is 0 Å². The van der Waals surface area contributed by atoms with Gasteiger partial charge < -0.3 is 14.2 Å². The summed E-state index contributed by atoms with van der Waals surface area (Å²) in [4.78, 5) is 21.2. The maximum absolute atomic E-state index is 12.6. The maximum atomic E-state index is 12.6. The normalized spacial score (nSPS) is 15.8. The third-order valence-electron chi connectivity index (χ3n) is 4.69. The first-order chi connectivity index (χ1) is 12.8. The number of methoxy groups -OCH3 is 1. The zero-order chi connectivity index (χ0) is 19.4. The van der Waals surface area contributed by atoms with E-state index in [0.29, 0.717) is 37.8 Å². The number of aromatic nitrogens is 2. The van der Waals surface area contributed by atoms with E-state index >= 15 is 0 Å². The van der Waals surface area contributed by atoms with Crippen molar-refractivity contribution in [3.8, 4) is 5.75 Å². The molecule has 146 valence electrons. The molecular weight excluding hydrogens is 344 g/mol. The number of ether oxygens (including phenoxy) is 1. The highest BCUT2D eigenvalue weighted by Gasteiger charge is 2.25. The number of amides is 1. The zero-order valence-corrected chi connectivity index (χ0v) is 16.6. The quantitative estimate of drug-likeness (QED) is 0.802. The van der Waals surface area contributed by atoms with Crippen molar-refractivity contribution >= 4 is 5.91 Å². The second kappa shape index (κ2) is 8.08. The Bertz CT molecular complexity index is 774. The number of hydrogen-bond acceptors (Lipinski definition) is 6. The Balaban J connectivity index is 1.49. The van der Waals surface area contributed by atoms with Crippen LogP contribution in [0.15, 0.2) is 28.8 Å². The number of carbonyl (C=O) groups excluding carboxylic acids is 1. The van der Waals surface area contributed by atoms with E-state index in [9.17, 15) is 4.79 Å². The van der Waals surface area contributed by atoms with Gasteiger partial charge in [-0.15, -0.1) is 0 Å². The smallest absolute Gasteiger partial charge is 0.232 e. The van der Waals surface area contributed by atoms with Crippen molar-refractivity contribution in [2.75, 3.05) is 33.3 Å². The Labute approximate surface area is 160 Å². The fourth-order valence-electron chi connectivity index (χ4n) is 3.05. The van der Waals surface area contributed by atoms with Crippen molar-refractivity contribution in [1.82, 2.24) is 19.9 Å². The lowest BCUT2D eigenvalue weighted by Gasteiger charge is -2.34. The summed E-state index contributed by atoms with van der Waals surface area (Å²) in [6.07, 6.45) is 0.400. The average Bonchev–Trinajstić information content (AvgIpc) is 3.11. The Morgan fingerprint density at radius 2 is 1.96 bits per heavy atom. The van der Waals surface area contributed by atoms with Gasteiger partial charge in [0.1, 0.15) is 5.75 Å². The molecule has 1 saturated heterocycles. The molecule has 0 atom stereocenters. The molecule has 1 aliphatic heterocycles. The summed E-state index contributed by atoms with van der Waals surface area (Å²) in [6, 6.07) is 7.67. The van der Waals surface area contributed by atoms with Gasteiger partial charge in [0, 0.05) is 31.6 Å². The van der Waals surface area contributed by atoms with E-state index < -0.39 is 0 Å². The maximum Gasteiger partial charge on any atom is 0.232 e. The van der Waals surface area contributed by atoms with Crippen molar-refractivity contribution in [2.24, 2.45) is 0 Å². The number of benzene rings is 1. The molecular formula is C20H28N4O3. The monoisotopic (exact) mass is 372 g/mol. The number of rotatable bonds is 5. The summed E-state index contributed by atoms with van der Waals surface area (Å²) >= 11 is 0. The molecule has 0 aliphatic carbocycles. The summed E-state index contributed by atoms with van der Waals surface area (Å²) in [5.41, 5.74) is 0.833. The highest BCUT2D eigenvalue weighted by Crippen LogP contribution is 2.20. The third kappa shape index (κ3) is 5.07. The number of piperazine rings is 1.